The van der Waals surface area contributed by atoms with Gasteiger partial charge in [-0.05, 0) is 66.2 Å². The van der Waals surface area contributed by atoms with E-state index in [1.54, 1.807) is 54.6 Å². The van der Waals surface area contributed by atoms with Crippen LogP contribution in [0.25, 0.3) is 33.4 Å². The summed E-state index contributed by atoms with van der Waals surface area (Å²) in [5.74, 6) is -0.640. The Morgan fingerprint density at radius 2 is 1.67 bits per heavy atom. The van der Waals surface area contributed by atoms with E-state index in [0.717, 1.165) is 16.2 Å². The SMILES string of the molecule is CNC(=O)c1c(-c2ccc(F)cc2)oc2cc(N(C)S(C)(=O)=O)c(-c3ccc(C=N)c(Nc4ccc(Cl)cc4)c3)cc12. The number of carbonyl (C=O) groups excluding carboxylic acids is 1. The molecule has 8 nitrogen and oxygen atoms in total. The van der Waals surface area contributed by atoms with Crippen LogP contribution in [0.2, 0.25) is 5.02 Å². The summed E-state index contributed by atoms with van der Waals surface area (Å²) in [7, 11) is -0.779. The lowest BCUT2D eigenvalue weighted by atomic mass is 9.97. The number of nitrogens with zero attached hydrogens (tertiary/aromatic N) is 1. The topological polar surface area (TPSA) is 116 Å². The van der Waals surface area contributed by atoms with Crippen molar-refractivity contribution in [2.45, 2.75) is 0 Å². The molecule has 0 unspecified atom stereocenters. The molecular weight excluding hydrogens is 579 g/mol. The molecule has 0 saturated carbocycles. The van der Waals surface area contributed by atoms with Crippen LogP contribution in [0.15, 0.2) is 83.3 Å². The summed E-state index contributed by atoms with van der Waals surface area (Å²) >= 11 is 6.03. The van der Waals surface area contributed by atoms with E-state index in [1.807, 2.05) is 0 Å². The average molecular weight is 605 g/mol. The molecule has 1 amide bonds. The molecule has 5 aromatic rings. The van der Waals surface area contributed by atoms with Crippen molar-refractivity contribution < 1.29 is 22.0 Å². The molecule has 0 aliphatic heterocycles. The maximum atomic E-state index is 13.7. The molecule has 4 aromatic carbocycles. The van der Waals surface area contributed by atoms with Crippen LogP contribution in [0, 0.1) is 11.2 Å². The Morgan fingerprint density at radius 3 is 2.29 bits per heavy atom. The number of nitrogens with one attached hydrogen (secondary N) is 3. The summed E-state index contributed by atoms with van der Waals surface area (Å²) in [4.78, 5) is 13.1. The lowest BCUT2D eigenvalue weighted by molar-refractivity contribution is 0.0964. The molecule has 5 rings (SSSR count). The Labute approximate surface area is 247 Å². The van der Waals surface area contributed by atoms with Gasteiger partial charge in [0.2, 0.25) is 10.0 Å². The van der Waals surface area contributed by atoms with Crippen molar-refractivity contribution in [3.05, 3.63) is 101 Å². The van der Waals surface area contributed by atoms with Crippen LogP contribution in [0.4, 0.5) is 21.5 Å². The monoisotopic (exact) mass is 604 g/mol. The Hall–Kier alpha value is -4.67. The van der Waals surface area contributed by atoms with Gasteiger partial charge in [-0.3, -0.25) is 9.10 Å². The lowest BCUT2D eigenvalue weighted by Gasteiger charge is -2.21. The van der Waals surface area contributed by atoms with Gasteiger partial charge in [0.25, 0.3) is 5.91 Å². The fraction of sp³-hybridized carbons (Fsp3) is 0.0968. The van der Waals surface area contributed by atoms with Gasteiger partial charge >= 0.3 is 0 Å². The third-order valence-corrected chi connectivity index (χ3v) is 8.29. The predicted molar refractivity (Wildman–Crippen MR) is 166 cm³/mol. The highest BCUT2D eigenvalue weighted by atomic mass is 35.5. The van der Waals surface area contributed by atoms with Gasteiger partial charge in [0.05, 0.1) is 17.5 Å². The number of sulfonamides is 1. The molecule has 214 valence electrons. The summed E-state index contributed by atoms with van der Waals surface area (Å²) in [6.45, 7) is 0. The Bertz CT molecular complexity index is 1940. The third-order valence-electron chi connectivity index (χ3n) is 6.85. The molecule has 1 heterocycles. The second kappa shape index (κ2) is 11.3. The molecule has 0 spiro atoms. The Kier molecular flexibility index (Phi) is 7.77. The molecule has 42 heavy (non-hydrogen) atoms. The van der Waals surface area contributed by atoms with Crippen LogP contribution >= 0.6 is 11.6 Å². The maximum absolute atomic E-state index is 13.7. The quantitative estimate of drug-likeness (QED) is 0.164. The van der Waals surface area contributed by atoms with Crippen LogP contribution in [-0.4, -0.2) is 40.9 Å². The molecule has 0 atom stereocenters. The van der Waals surface area contributed by atoms with Gasteiger partial charge < -0.3 is 20.5 Å². The molecule has 0 saturated heterocycles. The molecule has 0 aliphatic rings. The summed E-state index contributed by atoms with van der Waals surface area (Å²) in [5, 5.41) is 14.8. The first-order chi connectivity index (χ1) is 20.0. The first-order valence-electron chi connectivity index (χ1n) is 12.7. The van der Waals surface area contributed by atoms with Gasteiger partial charge in [-0.25, -0.2) is 12.8 Å². The molecule has 1 aromatic heterocycles. The first-order valence-corrected chi connectivity index (χ1v) is 14.9. The van der Waals surface area contributed by atoms with E-state index in [9.17, 15) is 17.6 Å². The largest absolute Gasteiger partial charge is 0.455 e. The number of hydrogen-bond donors (Lipinski definition) is 3. The van der Waals surface area contributed by atoms with E-state index in [4.69, 9.17) is 21.4 Å². The number of rotatable bonds is 8. The van der Waals surface area contributed by atoms with Crippen LogP contribution in [-0.2, 0) is 10.0 Å². The van der Waals surface area contributed by atoms with Gasteiger partial charge in [0.1, 0.15) is 17.2 Å². The van der Waals surface area contributed by atoms with Gasteiger partial charge in [-0.1, -0.05) is 23.7 Å². The van der Waals surface area contributed by atoms with E-state index in [-0.39, 0.29) is 16.9 Å². The number of furan rings is 1. The normalized spacial score (nSPS) is 11.4. The van der Waals surface area contributed by atoms with Gasteiger partial charge in [0, 0.05) is 64.9 Å². The lowest BCUT2D eigenvalue weighted by Crippen LogP contribution is -2.25. The second-order valence-electron chi connectivity index (χ2n) is 9.57. The van der Waals surface area contributed by atoms with E-state index in [0.29, 0.717) is 44.0 Å². The summed E-state index contributed by atoms with van der Waals surface area (Å²) < 4.78 is 46.4. The minimum atomic E-state index is -3.71. The zero-order valence-corrected chi connectivity index (χ0v) is 24.4. The minimum absolute atomic E-state index is 0.221. The second-order valence-corrected chi connectivity index (χ2v) is 12.0. The van der Waals surface area contributed by atoms with Crippen molar-refractivity contribution in [3.8, 4) is 22.5 Å². The highest BCUT2D eigenvalue weighted by molar-refractivity contribution is 7.92. The minimum Gasteiger partial charge on any atom is -0.455 e. The molecule has 0 aliphatic carbocycles. The number of amides is 1. The fourth-order valence-electron chi connectivity index (χ4n) is 4.60. The Morgan fingerprint density at radius 1 is 1.00 bits per heavy atom. The summed E-state index contributed by atoms with van der Waals surface area (Å²) in [6, 6.07) is 21.2. The predicted octanol–water partition coefficient (Wildman–Crippen LogP) is 7.06. The number of fused-ring (bicyclic) bond motifs is 1. The smallest absolute Gasteiger partial charge is 0.255 e. The number of carbonyl (C=O) groups is 1. The number of halogens is 2. The molecule has 3 N–H and O–H groups in total. The molecule has 11 heteroatoms. The number of anilines is 3. The molecular formula is C31H26ClFN4O4S. The van der Waals surface area contributed by atoms with Crippen LogP contribution in [0.3, 0.4) is 0 Å². The maximum Gasteiger partial charge on any atom is 0.255 e. The van der Waals surface area contributed by atoms with E-state index in [2.05, 4.69) is 10.6 Å². The highest BCUT2D eigenvalue weighted by Gasteiger charge is 2.26. The van der Waals surface area contributed by atoms with E-state index in [1.165, 1.54) is 44.6 Å². The van der Waals surface area contributed by atoms with Gasteiger partial charge in [-0.2, -0.15) is 0 Å². The van der Waals surface area contributed by atoms with E-state index < -0.39 is 21.7 Å². The standard InChI is InChI=1S/C31H26ClFN4O4S/c1-35-31(38)29-25-15-24(19-4-5-20(17-34)26(14-19)36-23-12-8-21(32)9-13-23)27(37(2)42(3,39)40)16-28(25)41-30(29)18-6-10-22(33)11-7-18/h4-17,34,36H,1-3H3,(H,35,38). The zero-order valence-electron chi connectivity index (χ0n) is 22.8. The summed E-state index contributed by atoms with van der Waals surface area (Å²) in [5.41, 5.74) is 4.36. The van der Waals surface area contributed by atoms with Gasteiger partial charge in [-0.15, -0.1) is 0 Å². The van der Waals surface area contributed by atoms with Crippen molar-refractivity contribution in [2.75, 3.05) is 30.0 Å². The number of benzene rings is 4. The van der Waals surface area contributed by atoms with Crippen molar-refractivity contribution in [1.82, 2.24) is 5.32 Å². The van der Waals surface area contributed by atoms with E-state index >= 15 is 0 Å². The van der Waals surface area contributed by atoms with Crippen molar-refractivity contribution in [3.63, 3.8) is 0 Å². The van der Waals surface area contributed by atoms with Crippen LogP contribution < -0.4 is 14.9 Å². The fourth-order valence-corrected chi connectivity index (χ4v) is 5.24. The van der Waals surface area contributed by atoms with Crippen LogP contribution in [0.5, 0.6) is 0 Å². The number of hydrogen-bond acceptors (Lipinski definition) is 6. The van der Waals surface area contributed by atoms with Crippen molar-refractivity contribution in [2.24, 2.45) is 0 Å². The highest BCUT2D eigenvalue weighted by Crippen LogP contribution is 2.42. The average Bonchev–Trinajstić information content (AvgIpc) is 3.35. The first kappa shape index (κ1) is 28.8. The van der Waals surface area contributed by atoms with Crippen molar-refractivity contribution >= 4 is 61.8 Å². The van der Waals surface area contributed by atoms with Gasteiger partial charge in [0.15, 0.2) is 0 Å². The molecule has 0 bridgehead atoms. The van der Waals surface area contributed by atoms with Crippen LogP contribution in [0.1, 0.15) is 15.9 Å². The van der Waals surface area contributed by atoms with Crippen molar-refractivity contribution in [1.29, 1.82) is 5.41 Å². The molecule has 0 radical (unpaired) electrons. The zero-order chi connectivity index (χ0) is 30.2. The summed E-state index contributed by atoms with van der Waals surface area (Å²) in [6.07, 6.45) is 2.30. The molecule has 0 fully saturated rings. The third kappa shape index (κ3) is 5.59. The Balaban J connectivity index is 1.77.